The van der Waals surface area contributed by atoms with Crippen LogP contribution in [0.1, 0.15) is 27.2 Å². The summed E-state index contributed by atoms with van der Waals surface area (Å²) in [6.07, 6.45) is 1.01. The summed E-state index contributed by atoms with van der Waals surface area (Å²) in [5, 5.41) is 2.99. The zero-order valence-corrected chi connectivity index (χ0v) is 13.2. The fraction of sp³-hybridized carbons (Fsp3) is 0.571. The summed E-state index contributed by atoms with van der Waals surface area (Å²) in [4.78, 5) is 0. The second-order valence-electron chi connectivity index (χ2n) is 4.64. The van der Waals surface area contributed by atoms with Crippen molar-refractivity contribution in [3.63, 3.8) is 0 Å². The average molecular weight is 300 g/mol. The minimum atomic E-state index is -3.33. The van der Waals surface area contributed by atoms with Crippen LogP contribution in [0.15, 0.2) is 24.3 Å². The quantitative estimate of drug-likeness (QED) is 0.686. The van der Waals surface area contributed by atoms with Gasteiger partial charge < -0.3 is 10.1 Å². The van der Waals surface area contributed by atoms with Gasteiger partial charge >= 0.3 is 0 Å². The van der Waals surface area contributed by atoms with Crippen molar-refractivity contribution >= 4 is 15.7 Å². The molecule has 0 aliphatic rings. The molecule has 0 aromatic heterocycles. The van der Waals surface area contributed by atoms with E-state index in [1.807, 2.05) is 26.8 Å². The Hall–Kier alpha value is -1.27. The van der Waals surface area contributed by atoms with Crippen molar-refractivity contribution in [2.24, 2.45) is 0 Å². The average Bonchev–Trinajstić information content (AvgIpc) is 2.38. The van der Waals surface area contributed by atoms with Gasteiger partial charge in [0.2, 0.25) is 10.0 Å². The molecule has 2 N–H and O–H groups in total. The van der Waals surface area contributed by atoms with Gasteiger partial charge in [-0.1, -0.05) is 19.9 Å². The molecule has 0 bridgehead atoms. The Bertz CT molecular complexity index is 503. The molecule has 1 aromatic carbocycles. The molecule has 1 atom stereocenters. The summed E-state index contributed by atoms with van der Waals surface area (Å²) in [5.41, 5.74) is 0.530. The molecule has 1 rings (SSSR count). The molecule has 0 amide bonds. The zero-order valence-electron chi connectivity index (χ0n) is 12.3. The molecule has 0 saturated heterocycles. The van der Waals surface area contributed by atoms with E-state index in [2.05, 4.69) is 10.0 Å². The number of rotatable bonds is 9. The van der Waals surface area contributed by atoms with Crippen LogP contribution in [0.25, 0.3) is 0 Å². The van der Waals surface area contributed by atoms with E-state index in [-0.39, 0.29) is 11.9 Å². The predicted molar refractivity (Wildman–Crippen MR) is 82.8 cm³/mol. The number of hydrogen-bond donors (Lipinski definition) is 2. The molecule has 1 unspecified atom stereocenters. The van der Waals surface area contributed by atoms with E-state index >= 15 is 0 Å². The van der Waals surface area contributed by atoms with Crippen molar-refractivity contribution in [1.82, 2.24) is 5.32 Å². The van der Waals surface area contributed by atoms with E-state index in [1.165, 1.54) is 0 Å². The Morgan fingerprint density at radius 2 is 2.05 bits per heavy atom. The maximum atomic E-state index is 11.9. The molecular formula is C14H24N2O3S. The van der Waals surface area contributed by atoms with Gasteiger partial charge in [0.05, 0.1) is 17.5 Å². The number of nitrogens with one attached hydrogen (secondary N) is 2. The standard InChI is InChI=1S/C14H24N2O3S/c1-4-12(3)19-14-8-6-7-13(11-14)16-20(17,18)10-9-15-5-2/h6-8,11-12,15-16H,4-5,9-10H2,1-3H3. The Morgan fingerprint density at radius 1 is 1.30 bits per heavy atom. The lowest BCUT2D eigenvalue weighted by Gasteiger charge is -2.14. The normalized spacial score (nSPS) is 12.9. The Labute approximate surface area is 121 Å². The van der Waals surface area contributed by atoms with Crippen LogP contribution in [0, 0.1) is 0 Å². The second-order valence-corrected chi connectivity index (χ2v) is 6.48. The number of hydrogen-bond acceptors (Lipinski definition) is 4. The van der Waals surface area contributed by atoms with Crippen LogP contribution in [0.5, 0.6) is 5.75 Å². The fourth-order valence-electron chi connectivity index (χ4n) is 1.56. The highest BCUT2D eigenvalue weighted by molar-refractivity contribution is 7.92. The van der Waals surface area contributed by atoms with E-state index in [9.17, 15) is 8.42 Å². The van der Waals surface area contributed by atoms with Gasteiger partial charge in [0.25, 0.3) is 0 Å². The molecule has 6 heteroatoms. The molecule has 1 aromatic rings. The third kappa shape index (κ3) is 6.25. The zero-order chi connectivity index (χ0) is 15.0. The molecule has 5 nitrogen and oxygen atoms in total. The SMILES string of the molecule is CCNCCS(=O)(=O)Nc1cccc(OC(C)CC)c1. The van der Waals surface area contributed by atoms with Crippen molar-refractivity contribution in [2.45, 2.75) is 33.3 Å². The number of anilines is 1. The molecular weight excluding hydrogens is 276 g/mol. The molecule has 20 heavy (non-hydrogen) atoms. The molecule has 0 saturated carbocycles. The predicted octanol–water partition coefficient (Wildman–Crippen LogP) is 2.22. The van der Waals surface area contributed by atoms with Crippen molar-refractivity contribution in [3.05, 3.63) is 24.3 Å². The minimum Gasteiger partial charge on any atom is -0.491 e. The molecule has 0 spiro atoms. The monoisotopic (exact) mass is 300 g/mol. The van der Waals surface area contributed by atoms with Gasteiger partial charge in [0, 0.05) is 12.6 Å². The molecule has 0 heterocycles. The minimum absolute atomic E-state index is 0.0529. The lowest BCUT2D eigenvalue weighted by atomic mass is 10.3. The molecule has 0 aliphatic carbocycles. The molecule has 114 valence electrons. The third-order valence-electron chi connectivity index (χ3n) is 2.82. The summed E-state index contributed by atoms with van der Waals surface area (Å²) >= 11 is 0. The fourth-order valence-corrected chi connectivity index (χ4v) is 2.56. The van der Waals surface area contributed by atoms with Crippen LogP contribution in [0.2, 0.25) is 0 Å². The molecule has 0 fully saturated rings. The van der Waals surface area contributed by atoms with Crippen LogP contribution in [-0.4, -0.2) is 33.4 Å². The Balaban J connectivity index is 2.65. The van der Waals surface area contributed by atoms with Crippen LogP contribution in [0.4, 0.5) is 5.69 Å². The largest absolute Gasteiger partial charge is 0.491 e. The second kappa shape index (κ2) is 8.11. The van der Waals surface area contributed by atoms with Crippen molar-refractivity contribution in [3.8, 4) is 5.75 Å². The van der Waals surface area contributed by atoms with Gasteiger partial charge in [0.15, 0.2) is 0 Å². The van der Waals surface area contributed by atoms with E-state index < -0.39 is 10.0 Å². The summed E-state index contributed by atoms with van der Waals surface area (Å²) in [6.45, 7) is 7.16. The number of ether oxygens (including phenoxy) is 1. The van der Waals surface area contributed by atoms with Crippen LogP contribution < -0.4 is 14.8 Å². The Kier molecular flexibility index (Phi) is 6.81. The first-order chi connectivity index (χ1) is 9.46. The third-order valence-corrected chi connectivity index (χ3v) is 4.11. The molecule has 0 aliphatic heterocycles. The number of benzene rings is 1. The van der Waals surface area contributed by atoms with Crippen molar-refractivity contribution in [1.29, 1.82) is 0 Å². The first-order valence-corrected chi connectivity index (χ1v) is 8.60. The topological polar surface area (TPSA) is 67.4 Å². The van der Waals surface area contributed by atoms with Gasteiger partial charge in [-0.2, -0.15) is 0 Å². The molecule has 0 radical (unpaired) electrons. The Morgan fingerprint density at radius 3 is 2.70 bits per heavy atom. The highest BCUT2D eigenvalue weighted by atomic mass is 32.2. The van der Waals surface area contributed by atoms with E-state index in [4.69, 9.17) is 4.74 Å². The van der Waals surface area contributed by atoms with Crippen molar-refractivity contribution in [2.75, 3.05) is 23.6 Å². The summed E-state index contributed by atoms with van der Waals surface area (Å²) < 4.78 is 32.0. The van der Waals surface area contributed by atoms with E-state index in [1.54, 1.807) is 18.2 Å². The first kappa shape index (κ1) is 16.8. The summed E-state index contributed by atoms with van der Waals surface area (Å²) in [7, 11) is -3.33. The highest BCUT2D eigenvalue weighted by Gasteiger charge is 2.10. The lowest BCUT2D eigenvalue weighted by molar-refractivity contribution is 0.217. The van der Waals surface area contributed by atoms with Crippen LogP contribution in [-0.2, 0) is 10.0 Å². The summed E-state index contributed by atoms with van der Waals surface area (Å²) in [6, 6.07) is 7.02. The van der Waals surface area contributed by atoms with Crippen LogP contribution >= 0.6 is 0 Å². The first-order valence-electron chi connectivity index (χ1n) is 6.94. The van der Waals surface area contributed by atoms with E-state index in [0.29, 0.717) is 18.0 Å². The number of sulfonamides is 1. The van der Waals surface area contributed by atoms with Gasteiger partial charge in [-0.15, -0.1) is 0 Å². The van der Waals surface area contributed by atoms with Crippen molar-refractivity contribution < 1.29 is 13.2 Å². The maximum Gasteiger partial charge on any atom is 0.233 e. The van der Waals surface area contributed by atoms with Gasteiger partial charge in [-0.3, -0.25) is 4.72 Å². The summed E-state index contributed by atoms with van der Waals surface area (Å²) in [5.74, 6) is 0.725. The highest BCUT2D eigenvalue weighted by Crippen LogP contribution is 2.20. The van der Waals surface area contributed by atoms with Gasteiger partial charge in [0.1, 0.15) is 5.75 Å². The van der Waals surface area contributed by atoms with Crippen LogP contribution in [0.3, 0.4) is 0 Å². The lowest BCUT2D eigenvalue weighted by Crippen LogP contribution is -2.26. The van der Waals surface area contributed by atoms with Gasteiger partial charge in [-0.25, -0.2) is 8.42 Å². The maximum absolute atomic E-state index is 11.9. The van der Waals surface area contributed by atoms with Gasteiger partial charge in [-0.05, 0) is 32.0 Å². The van der Waals surface area contributed by atoms with E-state index in [0.717, 1.165) is 13.0 Å². The smallest absolute Gasteiger partial charge is 0.233 e.